The van der Waals surface area contributed by atoms with Crippen molar-refractivity contribution in [1.29, 1.82) is 0 Å². The van der Waals surface area contributed by atoms with Crippen LogP contribution in [-0.2, 0) is 0 Å². The van der Waals surface area contributed by atoms with Crippen LogP contribution in [0.15, 0.2) is 4.99 Å². The Morgan fingerprint density at radius 2 is 1.92 bits per heavy atom. The number of rotatable bonds is 2. The summed E-state index contributed by atoms with van der Waals surface area (Å²) in [5.41, 5.74) is 2.74. The van der Waals surface area contributed by atoms with Crippen LogP contribution in [0.1, 0.15) is 34.6 Å². The van der Waals surface area contributed by atoms with Crippen LogP contribution in [-0.4, -0.2) is 18.5 Å². The van der Waals surface area contributed by atoms with Crippen molar-refractivity contribution in [2.75, 3.05) is 6.54 Å². The van der Waals surface area contributed by atoms with E-state index in [1.165, 1.54) is 0 Å². The van der Waals surface area contributed by atoms with E-state index in [2.05, 4.69) is 36.5 Å². The predicted octanol–water partition coefficient (Wildman–Crippen LogP) is 0.850. The van der Waals surface area contributed by atoms with Crippen LogP contribution in [0.4, 0.5) is 0 Å². The molecule has 0 aromatic rings. The van der Waals surface area contributed by atoms with Crippen molar-refractivity contribution in [2.24, 2.45) is 16.3 Å². The van der Waals surface area contributed by atoms with Gasteiger partial charge in [0.05, 0.1) is 0 Å². The standard InChI is InChI=1S/C9H22N4/c1-7(2)12-8(13-10)11-6-9(3,4)5/h7H,6,10H2,1-5H3,(H2,11,12,13). The molecule has 0 aliphatic carbocycles. The normalized spacial score (nSPS) is 13.3. The molecule has 0 fully saturated rings. The lowest BCUT2D eigenvalue weighted by molar-refractivity contribution is 0.427. The van der Waals surface area contributed by atoms with E-state index in [0.29, 0.717) is 12.0 Å². The van der Waals surface area contributed by atoms with Crippen molar-refractivity contribution in [2.45, 2.75) is 40.7 Å². The Balaban J connectivity index is 4.07. The number of nitrogens with one attached hydrogen (secondary N) is 2. The predicted molar refractivity (Wildman–Crippen MR) is 57.4 cm³/mol. The second kappa shape index (κ2) is 5.07. The third-order valence-electron chi connectivity index (χ3n) is 1.27. The van der Waals surface area contributed by atoms with Crippen molar-refractivity contribution in [3.05, 3.63) is 0 Å². The van der Waals surface area contributed by atoms with Gasteiger partial charge in [-0.1, -0.05) is 20.8 Å². The Morgan fingerprint density at radius 1 is 1.38 bits per heavy atom. The first-order valence-electron chi connectivity index (χ1n) is 4.63. The van der Waals surface area contributed by atoms with Crippen LogP contribution in [0.5, 0.6) is 0 Å². The first-order chi connectivity index (χ1) is 5.85. The monoisotopic (exact) mass is 186 g/mol. The van der Waals surface area contributed by atoms with Crippen molar-refractivity contribution in [1.82, 2.24) is 10.7 Å². The lowest BCUT2D eigenvalue weighted by Gasteiger charge is -2.17. The number of hydrogen-bond acceptors (Lipinski definition) is 2. The molecule has 4 N–H and O–H groups in total. The highest BCUT2D eigenvalue weighted by Crippen LogP contribution is 2.12. The fourth-order valence-electron chi connectivity index (χ4n) is 0.723. The maximum atomic E-state index is 5.31. The summed E-state index contributed by atoms with van der Waals surface area (Å²) in [5, 5.41) is 3.12. The van der Waals surface area contributed by atoms with Gasteiger partial charge in [-0.3, -0.25) is 10.4 Å². The third-order valence-corrected chi connectivity index (χ3v) is 1.27. The van der Waals surface area contributed by atoms with E-state index in [0.717, 1.165) is 6.54 Å². The van der Waals surface area contributed by atoms with Crippen LogP contribution in [0.25, 0.3) is 0 Å². The molecule has 0 saturated heterocycles. The Kier molecular flexibility index (Phi) is 4.77. The van der Waals surface area contributed by atoms with Gasteiger partial charge >= 0.3 is 0 Å². The zero-order chi connectivity index (χ0) is 10.5. The van der Waals surface area contributed by atoms with E-state index in [1.54, 1.807) is 0 Å². The molecule has 0 radical (unpaired) electrons. The van der Waals surface area contributed by atoms with Crippen molar-refractivity contribution < 1.29 is 0 Å². The molecule has 0 aliphatic heterocycles. The first kappa shape index (κ1) is 12.2. The van der Waals surface area contributed by atoms with Gasteiger partial charge in [0.2, 0.25) is 5.96 Å². The molecule has 13 heavy (non-hydrogen) atoms. The molecule has 0 unspecified atom stereocenters. The van der Waals surface area contributed by atoms with Gasteiger partial charge in [-0.2, -0.15) is 0 Å². The van der Waals surface area contributed by atoms with Crippen molar-refractivity contribution in [3.63, 3.8) is 0 Å². The number of aliphatic imine (C=N–C) groups is 1. The summed E-state index contributed by atoms with van der Waals surface area (Å²) < 4.78 is 0. The summed E-state index contributed by atoms with van der Waals surface area (Å²) >= 11 is 0. The van der Waals surface area contributed by atoms with Gasteiger partial charge in [0.1, 0.15) is 0 Å². The molecule has 0 aromatic heterocycles. The molecule has 0 aromatic carbocycles. The lowest BCUT2D eigenvalue weighted by Crippen LogP contribution is -2.45. The van der Waals surface area contributed by atoms with E-state index < -0.39 is 0 Å². The largest absolute Gasteiger partial charge is 0.353 e. The van der Waals surface area contributed by atoms with Gasteiger partial charge in [0, 0.05) is 12.6 Å². The second-order valence-electron chi connectivity index (χ2n) is 4.67. The Hall–Kier alpha value is -0.770. The van der Waals surface area contributed by atoms with Gasteiger partial charge < -0.3 is 5.32 Å². The average molecular weight is 186 g/mol. The fourth-order valence-corrected chi connectivity index (χ4v) is 0.723. The minimum Gasteiger partial charge on any atom is -0.353 e. The summed E-state index contributed by atoms with van der Waals surface area (Å²) in [5.74, 6) is 5.96. The van der Waals surface area contributed by atoms with Crippen LogP contribution < -0.4 is 16.6 Å². The highest BCUT2D eigenvalue weighted by atomic mass is 15.3. The fraction of sp³-hybridized carbons (Fsp3) is 0.889. The minimum atomic E-state index is 0.195. The lowest BCUT2D eigenvalue weighted by atomic mass is 9.97. The number of hydrazine groups is 1. The molecular weight excluding hydrogens is 164 g/mol. The molecule has 0 spiro atoms. The average Bonchev–Trinajstić information content (AvgIpc) is 1.95. The number of guanidine groups is 1. The zero-order valence-corrected chi connectivity index (χ0v) is 9.31. The summed E-state index contributed by atoms with van der Waals surface area (Å²) in [6, 6.07) is 0.342. The van der Waals surface area contributed by atoms with E-state index in [9.17, 15) is 0 Å². The Morgan fingerprint density at radius 3 is 2.23 bits per heavy atom. The summed E-state index contributed by atoms with van der Waals surface area (Å²) in [6.45, 7) is 11.3. The van der Waals surface area contributed by atoms with Gasteiger partial charge in [-0.25, -0.2) is 5.84 Å². The van der Waals surface area contributed by atoms with E-state index in [4.69, 9.17) is 5.84 Å². The van der Waals surface area contributed by atoms with Crippen LogP contribution in [0.2, 0.25) is 0 Å². The van der Waals surface area contributed by atoms with Gasteiger partial charge in [-0.05, 0) is 19.3 Å². The molecule has 0 aliphatic rings. The smallest absolute Gasteiger partial charge is 0.205 e. The summed E-state index contributed by atoms with van der Waals surface area (Å²) in [4.78, 5) is 4.32. The van der Waals surface area contributed by atoms with E-state index >= 15 is 0 Å². The number of hydrogen-bond donors (Lipinski definition) is 3. The molecular formula is C9H22N4. The maximum absolute atomic E-state index is 5.31. The minimum absolute atomic E-state index is 0.195. The molecule has 0 amide bonds. The van der Waals surface area contributed by atoms with Crippen molar-refractivity contribution >= 4 is 5.96 Å². The van der Waals surface area contributed by atoms with Gasteiger partial charge in [0.15, 0.2) is 0 Å². The molecule has 4 heteroatoms. The molecule has 0 atom stereocenters. The first-order valence-corrected chi connectivity index (χ1v) is 4.63. The molecule has 0 bridgehead atoms. The quantitative estimate of drug-likeness (QED) is 0.259. The summed E-state index contributed by atoms with van der Waals surface area (Å²) in [6.07, 6.45) is 0. The Labute approximate surface area is 81.0 Å². The van der Waals surface area contributed by atoms with Crippen LogP contribution >= 0.6 is 0 Å². The van der Waals surface area contributed by atoms with Crippen LogP contribution in [0, 0.1) is 5.41 Å². The van der Waals surface area contributed by atoms with Crippen molar-refractivity contribution in [3.8, 4) is 0 Å². The number of nitrogens with two attached hydrogens (primary N) is 1. The van der Waals surface area contributed by atoms with Gasteiger partial charge in [-0.15, -0.1) is 0 Å². The highest BCUT2D eigenvalue weighted by Gasteiger charge is 2.09. The van der Waals surface area contributed by atoms with E-state index in [-0.39, 0.29) is 5.41 Å². The second-order valence-corrected chi connectivity index (χ2v) is 4.67. The maximum Gasteiger partial charge on any atom is 0.205 e. The molecule has 4 nitrogen and oxygen atoms in total. The molecule has 0 saturated carbocycles. The topological polar surface area (TPSA) is 62.4 Å². The van der Waals surface area contributed by atoms with Crippen LogP contribution in [0.3, 0.4) is 0 Å². The highest BCUT2D eigenvalue weighted by molar-refractivity contribution is 5.79. The number of nitrogens with zero attached hydrogens (tertiary/aromatic N) is 1. The zero-order valence-electron chi connectivity index (χ0n) is 9.31. The molecule has 78 valence electrons. The third kappa shape index (κ3) is 7.59. The van der Waals surface area contributed by atoms with Gasteiger partial charge in [0.25, 0.3) is 0 Å². The summed E-state index contributed by atoms with van der Waals surface area (Å²) in [7, 11) is 0. The SMILES string of the molecule is CC(C)NC(=NCC(C)(C)C)NN. The molecule has 0 rings (SSSR count). The molecule has 0 heterocycles. The Bertz CT molecular complexity index is 167. The van der Waals surface area contributed by atoms with E-state index in [1.807, 2.05) is 13.8 Å².